The Balaban J connectivity index is 0.000000248. The van der Waals surface area contributed by atoms with Crippen LogP contribution >= 0.6 is 0 Å². The van der Waals surface area contributed by atoms with Crippen LogP contribution < -0.4 is 20.9 Å². The zero-order valence-corrected chi connectivity index (χ0v) is 17.0. The van der Waals surface area contributed by atoms with E-state index in [4.69, 9.17) is 26.0 Å². The standard InChI is InChI=1S/C16H17NO2.C8H9NO2/c1-18-15-9-10-16(19-2)13(11-15)6-3-12-4-7-14(17)8-5-12;9-7-3-1-6(2-4-7)5-8(10)11/h3-11H,17H2,1-2H3;1-4H,5,9H2,(H,10,11). The summed E-state index contributed by atoms with van der Waals surface area (Å²) < 4.78 is 10.5. The number of nitrogen functional groups attached to an aromatic ring is 2. The number of aliphatic carboxylic acids is 1. The summed E-state index contributed by atoms with van der Waals surface area (Å²) in [6.45, 7) is 0. The van der Waals surface area contributed by atoms with Gasteiger partial charge in [0, 0.05) is 16.9 Å². The van der Waals surface area contributed by atoms with Crippen molar-refractivity contribution in [2.24, 2.45) is 0 Å². The van der Waals surface area contributed by atoms with E-state index in [-0.39, 0.29) is 6.42 Å². The van der Waals surface area contributed by atoms with Gasteiger partial charge in [-0.2, -0.15) is 0 Å². The van der Waals surface area contributed by atoms with E-state index in [1.807, 2.05) is 54.6 Å². The van der Waals surface area contributed by atoms with Crippen LogP contribution in [0.5, 0.6) is 11.5 Å². The molecular weight excluding hydrogens is 380 g/mol. The molecule has 0 fully saturated rings. The Morgan fingerprint density at radius 3 is 2.00 bits per heavy atom. The molecule has 0 aliphatic heterocycles. The summed E-state index contributed by atoms with van der Waals surface area (Å²) in [5.41, 5.74) is 15.3. The van der Waals surface area contributed by atoms with Crippen LogP contribution in [-0.2, 0) is 11.2 Å². The molecular formula is C24H26N2O4. The number of carboxylic acids is 1. The highest BCUT2D eigenvalue weighted by atomic mass is 16.5. The lowest BCUT2D eigenvalue weighted by Crippen LogP contribution is -1.99. The Labute approximate surface area is 176 Å². The third kappa shape index (κ3) is 7.24. The van der Waals surface area contributed by atoms with Crippen molar-refractivity contribution in [2.45, 2.75) is 6.42 Å². The largest absolute Gasteiger partial charge is 0.497 e. The molecule has 0 saturated carbocycles. The highest BCUT2D eigenvalue weighted by molar-refractivity contribution is 5.74. The molecule has 0 atom stereocenters. The molecule has 30 heavy (non-hydrogen) atoms. The number of hydrogen-bond acceptors (Lipinski definition) is 5. The molecule has 5 N–H and O–H groups in total. The first-order chi connectivity index (χ1) is 14.4. The van der Waals surface area contributed by atoms with Crippen LogP contribution in [0.15, 0.2) is 66.7 Å². The summed E-state index contributed by atoms with van der Waals surface area (Å²) in [6, 6.07) is 20.2. The lowest BCUT2D eigenvalue weighted by Gasteiger charge is -2.07. The second-order valence-corrected chi connectivity index (χ2v) is 6.42. The molecule has 0 unspecified atom stereocenters. The topological polar surface area (TPSA) is 108 Å². The van der Waals surface area contributed by atoms with Gasteiger partial charge in [0.2, 0.25) is 0 Å². The van der Waals surface area contributed by atoms with Gasteiger partial charge in [-0.15, -0.1) is 0 Å². The number of carboxylic acid groups (broad SMARTS) is 1. The van der Waals surface area contributed by atoms with Gasteiger partial charge in [-0.1, -0.05) is 36.4 Å². The highest BCUT2D eigenvalue weighted by Gasteiger charge is 2.01. The minimum absolute atomic E-state index is 0.0558. The van der Waals surface area contributed by atoms with Crippen LogP contribution in [0.25, 0.3) is 12.2 Å². The van der Waals surface area contributed by atoms with Crippen molar-refractivity contribution in [1.82, 2.24) is 0 Å². The Hall–Kier alpha value is -3.93. The number of carbonyl (C=O) groups is 1. The maximum absolute atomic E-state index is 10.2. The van der Waals surface area contributed by atoms with Gasteiger partial charge in [-0.3, -0.25) is 4.79 Å². The number of nitrogens with two attached hydrogens (primary N) is 2. The van der Waals surface area contributed by atoms with Crippen molar-refractivity contribution in [3.8, 4) is 11.5 Å². The maximum atomic E-state index is 10.2. The van der Waals surface area contributed by atoms with Crippen LogP contribution in [0.1, 0.15) is 16.7 Å². The Morgan fingerprint density at radius 1 is 0.867 bits per heavy atom. The van der Waals surface area contributed by atoms with E-state index in [2.05, 4.69) is 0 Å². The van der Waals surface area contributed by atoms with Gasteiger partial charge in [0.05, 0.1) is 20.6 Å². The third-order valence-electron chi connectivity index (χ3n) is 4.16. The summed E-state index contributed by atoms with van der Waals surface area (Å²) >= 11 is 0. The van der Waals surface area contributed by atoms with E-state index >= 15 is 0 Å². The molecule has 6 heteroatoms. The van der Waals surface area contributed by atoms with Crippen LogP contribution in [0, 0.1) is 0 Å². The summed E-state index contributed by atoms with van der Waals surface area (Å²) in [6.07, 6.45) is 4.06. The molecule has 0 radical (unpaired) electrons. The summed E-state index contributed by atoms with van der Waals surface area (Å²) in [5.74, 6) is 0.792. The van der Waals surface area contributed by atoms with Crippen molar-refractivity contribution in [3.63, 3.8) is 0 Å². The van der Waals surface area contributed by atoms with Crippen LogP contribution in [0.2, 0.25) is 0 Å². The summed E-state index contributed by atoms with van der Waals surface area (Å²) in [5, 5.41) is 8.40. The SMILES string of the molecule is COc1ccc(OC)c(C=Cc2ccc(N)cc2)c1.Nc1ccc(CC(=O)O)cc1. The highest BCUT2D eigenvalue weighted by Crippen LogP contribution is 2.25. The predicted octanol–water partition coefficient (Wildman–Crippen LogP) is 4.35. The van der Waals surface area contributed by atoms with Crippen LogP contribution in [-0.4, -0.2) is 25.3 Å². The minimum Gasteiger partial charge on any atom is -0.497 e. The van der Waals surface area contributed by atoms with Crippen LogP contribution in [0.4, 0.5) is 11.4 Å². The molecule has 0 aromatic heterocycles. The predicted molar refractivity (Wildman–Crippen MR) is 122 cm³/mol. The van der Waals surface area contributed by atoms with E-state index < -0.39 is 5.97 Å². The number of anilines is 2. The van der Waals surface area contributed by atoms with Gasteiger partial charge >= 0.3 is 5.97 Å². The van der Waals surface area contributed by atoms with E-state index in [0.29, 0.717) is 5.69 Å². The molecule has 0 spiro atoms. The smallest absolute Gasteiger partial charge is 0.307 e. The Kier molecular flexibility index (Phi) is 8.32. The van der Waals surface area contributed by atoms with E-state index in [1.54, 1.807) is 38.5 Å². The molecule has 3 aromatic rings. The lowest BCUT2D eigenvalue weighted by atomic mass is 10.1. The first kappa shape index (κ1) is 22.4. The fraction of sp³-hybridized carbons (Fsp3) is 0.125. The molecule has 0 bridgehead atoms. The molecule has 0 heterocycles. The summed E-state index contributed by atoms with van der Waals surface area (Å²) in [7, 11) is 3.30. The molecule has 0 amide bonds. The Bertz CT molecular complexity index is 981. The molecule has 6 nitrogen and oxygen atoms in total. The molecule has 0 aliphatic rings. The van der Waals surface area contributed by atoms with Gasteiger partial charge in [0.1, 0.15) is 11.5 Å². The minimum atomic E-state index is -0.824. The second kappa shape index (κ2) is 11.2. The number of benzene rings is 3. The van der Waals surface area contributed by atoms with Crippen molar-refractivity contribution in [2.75, 3.05) is 25.7 Å². The number of ether oxygens (including phenoxy) is 2. The zero-order chi connectivity index (χ0) is 21.9. The average Bonchev–Trinajstić information content (AvgIpc) is 2.75. The van der Waals surface area contributed by atoms with E-state index in [9.17, 15) is 4.79 Å². The number of hydrogen-bond donors (Lipinski definition) is 3. The quantitative estimate of drug-likeness (QED) is 0.415. The number of rotatable bonds is 6. The second-order valence-electron chi connectivity index (χ2n) is 6.42. The van der Waals surface area contributed by atoms with Crippen molar-refractivity contribution in [1.29, 1.82) is 0 Å². The molecule has 3 aromatic carbocycles. The average molecular weight is 406 g/mol. The van der Waals surface area contributed by atoms with Gasteiger partial charge in [-0.05, 0) is 53.6 Å². The Morgan fingerprint density at radius 2 is 1.47 bits per heavy atom. The summed E-state index contributed by atoms with van der Waals surface area (Å²) in [4.78, 5) is 10.2. The maximum Gasteiger partial charge on any atom is 0.307 e. The zero-order valence-electron chi connectivity index (χ0n) is 17.0. The molecule has 0 aliphatic carbocycles. The third-order valence-corrected chi connectivity index (χ3v) is 4.16. The fourth-order valence-electron chi connectivity index (χ4n) is 2.57. The first-order valence-electron chi connectivity index (χ1n) is 9.23. The number of methoxy groups -OCH3 is 2. The molecule has 0 saturated heterocycles. The monoisotopic (exact) mass is 406 g/mol. The van der Waals surface area contributed by atoms with Crippen molar-refractivity contribution in [3.05, 3.63) is 83.4 Å². The lowest BCUT2D eigenvalue weighted by molar-refractivity contribution is -0.136. The van der Waals surface area contributed by atoms with Gasteiger partial charge in [-0.25, -0.2) is 0 Å². The van der Waals surface area contributed by atoms with Crippen molar-refractivity contribution >= 4 is 29.5 Å². The van der Waals surface area contributed by atoms with Crippen LogP contribution in [0.3, 0.4) is 0 Å². The first-order valence-corrected chi connectivity index (χ1v) is 9.23. The van der Waals surface area contributed by atoms with E-state index in [0.717, 1.165) is 33.9 Å². The van der Waals surface area contributed by atoms with Gasteiger partial charge in [0.15, 0.2) is 0 Å². The van der Waals surface area contributed by atoms with Crippen molar-refractivity contribution < 1.29 is 19.4 Å². The molecule has 156 valence electrons. The van der Waals surface area contributed by atoms with Gasteiger partial charge in [0.25, 0.3) is 0 Å². The van der Waals surface area contributed by atoms with Gasteiger partial charge < -0.3 is 26.0 Å². The van der Waals surface area contributed by atoms with E-state index in [1.165, 1.54) is 0 Å². The fourth-order valence-corrected chi connectivity index (χ4v) is 2.57. The normalized spacial score (nSPS) is 10.2. The molecule has 3 rings (SSSR count).